The Labute approximate surface area is 162 Å². The first-order valence-corrected chi connectivity index (χ1v) is 9.84. The van der Waals surface area contributed by atoms with Crippen molar-refractivity contribution in [3.05, 3.63) is 51.9 Å². The van der Waals surface area contributed by atoms with E-state index < -0.39 is 0 Å². The first-order chi connectivity index (χ1) is 13.2. The van der Waals surface area contributed by atoms with Crippen LogP contribution in [-0.2, 0) is 17.6 Å². The maximum absolute atomic E-state index is 12.4. The van der Waals surface area contributed by atoms with E-state index in [4.69, 9.17) is 4.74 Å². The molecule has 0 saturated carbocycles. The Morgan fingerprint density at radius 2 is 2.30 bits per heavy atom. The Morgan fingerprint density at radius 3 is 3.04 bits per heavy atom. The minimum absolute atomic E-state index is 0.156. The summed E-state index contributed by atoms with van der Waals surface area (Å²) in [5.41, 5.74) is 2.40. The number of thiophene rings is 1. The number of aliphatic hydroxyl groups is 1. The van der Waals surface area contributed by atoms with Gasteiger partial charge in [-0.15, -0.1) is 11.3 Å². The summed E-state index contributed by atoms with van der Waals surface area (Å²) in [7, 11) is 0. The Bertz CT molecular complexity index is 895. The SMILES string of the molecule is CCOc1ccccc1C=CC(=O)Nc1sc2c(c1C#N)CCC(CO)C2. The topological polar surface area (TPSA) is 82.3 Å². The first-order valence-electron chi connectivity index (χ1n) is 9.02. The molecule has 140 valence electrons. The summed E-state index contributed by atoms with van der Waals surface area (Å²) in [6.07, 6.45) is 5.57. The molecule has 1 heterocycles. The van der Waals surface area contributed by atoms with Crippen molar-refractivity contribution in [1.82, 2.24) is 0 Å². The smallest absolute Gasteiger partial charge is 0.249 e. The highest BCUT2D eigenvalue weighted by molar-refractivity contribution is 7.16. The van der Waals surface area contributed by atoms with E-state index in [1.165, 1.54) is 17.4 Å². The zero-order valence-electron chi connectivity index (χ0n) is 15.2. The van der Waals surface area contributed by atoms with Crippen LogP contribution in [0.5, 0.6) is 5.75 Å². The molecule has 6 heteroatoms. The van der Waals surface area contributed by atoms with Crippen molar-refractivity contribution in [2.24, 2.45) is 5.92 Å². The molecule has 0 aliphatic heterocycles. The highest BCUT2D eigenvalue weighted by atomic mass is 32.1. The third-order valence-corrected chi connectivity index (χ3v) is 5.78. The monoisotopic (exact) mass is 382 g/mol. The maximum Gasteiger partial charge on any atom is 0.249 e. The van der Waals surface area contributed by atoms with Crippen LogP contribution in [0.3, 0.4) is 0 Å². The maximum atomic E-state index is 12.4. The lowest BCUT2D eigenvalue weighted by atomic mass is 9.88. The molecule has 1 aliphatic rings. The van der Waals surface area contributed by atoms with Gasteiger partial charge in [0, 0.05) is 23.1 Å². The zero-order chi connectivity index (χ0) is 19.2. The molecule has 1 aromatic heterocycles. The fraction of sp³-hybridized carbons (Fsp3) is 0.333. The van der Waals surface area contributed by atoms with Gasteiger partial charge in [0.05, 0.1) is 12.2 Å². The van der Waals surface area contributed by atoms with Crippen molar-refractivity contribution in [2.75, 3.05) is 18.5 Å². The lowest BCUT2D eigenvalue weighted by Gasteiger charge is -2.19. The summed E-state index contributed by atoms with van der Waals surface area (Å²) < 4.78 is 5.56. The van der Waals surface area contributed by atoms with E-state index in [0.717, 1.165) is 41.0 Å². The largest absolute Gasteiger partial charge is 0.493 e. The number of benzene rings is 1. The average molecular weight is 382 g/mol. The number of nitrogens with one attached hydrogen (secondary N) is 1. The predicted molar refractivity (Wildman–Crippen MR) is 107 cm³/mol. The number of hydrogen-bond acceptors (Lipinski definition) is 5. The number of ether oxygens (including phenoxy) is 1. The molecule has 1 atom stereocenters. The minimum atomic E-state index is -0.282. The molecule has 0 spiro atoms. The van der Waals surface area contributed by atoms with Gasteiger partial charge >= 0.3 is 0 Å². The van der Waals surface area contributed by atoms with Gasteiger partial charge in [0.1, 0.15) is 16.8 Å². The molecule has 2 N–H and O–H groups in total. The normalized spacial score (nSPS) is 16.0. The molecule has 3 rings (SSSR count). The van der Waals surface area contributed by atoms with E-state index in [9.17, 15) is 15.2 Å². The Hall–Kier alpha value is -2.62. The van der Waals surface area contributed by atoms with E-state index in [-0.39, 0.29) is 18.4 Å². The van der Waals surface area contributed by atoms with Gasteiger partial charge in [0.25, 0.3) is 0 Å². The van der Waals surface area contributed by atoms with E-state index in [1.54, 1.807) is 6.08 Å². The number of nitriles is 1. The van der Waals surface area contributed by atoms with Gasteiger partial charge in [-0.3, -0.25) is 4.79 Å². The van der Waals surface area contributed by atoms with Crippen LogP contribution in [0.2, 0.25) is 0 Å². The van der Waals surface area contributed by atoms with Crippen molar-refractivity contribution in [2.45, 2.75) is 26.2 Å². The van der Waals surface area contributed by atoms with Crippen molar-refractivity contribution in [1.29, 1.82) is 5.26 Å². The second-order valence-corrected chi connectivity index (χ2v) is 7.51. The standard InChI is InChI=1S/C21H22N2O3S/c1-2-26-18-6-4-3-5-15(18)8-10-20(25)23-21-17(12-22)16-9-7-14(13-24)11-19(16)27-21/h3-6,8,10,14,24H,2,7,9,11,13H2,1H3,(H,23,25). The summed E-state index contributed by atoms with van der Waals surface area (Å²) in [6, 6.07) is 9.75. The van der Waals surface area contributed by atoms with Crippen molar-refractivity contribution in [3.8, 4) is 11.8 Å². The Kier molecular flexibility index (Phi) is 6.28. The molecule has 1 aromatic carbocycles. The number of nitrogens with zero attached hydrogens (tertiary/aromatic N) is 1. The van der Waals surface area contributed by atoms with Gasteiger partial charge < -0.3 is 15.2 Å². The van der Waals surface area contributed by atoms with Crippen LogP contribution in [0.1, 0.15) is 34.9 Å². The number of carbonyl (C=O) groups is 1. The molecule has 2 aromatic rings. The third-order valence-electron chi connectivity index (χ3n) is 4.61. The molecule has 5 nitrogen and oxygen atoms in total. The van der Waals surface area contributed by atoms with Crippen molar-refractivity contribution < 1.29 is 14.6 Å². The van der Waals surface area contributed by atoms with Crippen LogP contribution in [0, 0.1) is 17.2 Å². The van der Waals surface area contributed by atoms with Crippen LogP contribution in [0.4, 0.5) is 5.00 Å². The lowest BCUT2D eigenvalue weighted by molar-refractivity contribution is -0.111. The number of anilines is 1. The van der Waals surface area contributed by atoms with E-state index in [2.05, 4.69) is 11.4 Å². The van der Waals surface area contributed by atoms with Gasteiger partial charge in [0.2, 0.25) is 5.91 Å². The van der Waals surface area contributed by atoms with Gasteiger partial charge in [-0.2, -0.15) is 5.26 Å². The number of rotatable bonds is 6. The molecule has 1 amide bonds. The van der Waals surface area contributed by atoms with Crippen molar-refractivity contribution >= 4 is 28.3 Å². The Morgan fingerprint density at radius 1 is 1.48 bits per heavy atom. The molecule has 0 bridgehead atoms. The zero-order valence-corrected chi connectivity index (χ0v) is 16.0. The van der Waals surface area contributed by atoms with Crippen LogP contribution >= 0.6 is 11.3 Å². The van der Waals surface area contributed by atoms with Gasteiger partial charge in [-0.1, -0.05) is 18.2 Å². The fourth-order valence-corrected chi connectivity index (χ4v) is 4.56. The van der Waals surface area contributed by atoms with Gasteiger partial charge in [-0.05, 0) is 49.8 Å². The van der Waals surface area contributed by atoms with Crippen molar-refractivity contribution in [3.63, 3.8) is 0 Å². The molecule has 0 saturated heterocycles. The van der Waals surface area contributed by atoms with Crippen LogP contribution in [0.15, 0.2) is 30.3 Å². The Balaban J connectivity index is 1.75. The van der Waals surface area contributed by atoms with Gasteiger partial charge in [-0.25, -0.2) is 0 Å². The van der Waals surface area contributed by atoms with Crippen LogP contribution in [-0.4, -0.2) is 24.2 Å². The molecular weight excluding hydrogens is 360 g/mol. The first kappa shape index (κ1) is 19.2. The molecule has 0 radical (unpaired) electrons. The molecule has 0 fully saturated rings. The fourth-order valence-electron chi connectivity index (χ4n) is 3.24. The molecule has 27 heavy (non-hydrogen) atoms. The summed E-state index contributed by atoms with van der Waals surface area (Å²) in [5.74, 6) is 0.680. The molecule has 1 aliphatic carbocycles. The third kappa shape index (κ3) is 4.38. The number of amides is 1. The van der Waals surface area contributed by atoms with E-state index in [0.29, 0.717) is 17.2 Å². The summed E-state index contributed by atoms with van der Waals surface area (Å²) >= 11 is 1.44. The predicted octanol–water partition coefficient (Wildman–Crippen LogP) is 3.77. The minimum Gasteiger partial charge on any atom is -0.493 e. The summed E-state index contributed by atoms with van der Waals surface area (Å²) in [4.78, 5) is 13.5. The number of para-hydroxylation sites is 1. The van der Waals surface area contributed by atoms with E-state index >= 15 is 0 Å². The summed E-state index contributed by atoms with van der Waals surface area (Å²) in [6.45, 7) is 2.62. The quantitative estimate of drug-likeness (QED) is 0.745. The molecular formula is C21H22N2O3S. The average Bonchev–Trinajstić information content (AvgIpc) is 3.03. The lowest BCUT2D eigenvalue weighted by Crippen LogP contribution is -2.16. The second kappa shape index (κ2) is 8.85. The number of aliphatic hydroxyl groups excluding tert-OH is 1. The second-order valence-electron chi connectivity index (χ2n) is 6.40. The number of carbonyl (C=O) groups excluding carboxylic acids is 1. The van der Waals surface area contributed by atoms with Crippen LogP contribution in [0.25, 0.3) is 6.08 Å². The highest BCUT2D eigenvalue weighted by Crippen LogP contribution is 2.39. The molecule has 1 unspecified atom stereocenters. The number of hydrogen-bond donors (Lipinski definition) is 2. The van der Waals surface area contributed by atoms with Crippen LogP contribution < -0.4 is 10.1 Å². The highest BCUT2D eigenvalue weighted by Gasteiger charge is 2.25. The number of fused-ring (bicyclic) bond motifs is 1. The summed E-state index contributed by atoms with van der Waals surface area (Å²) in [5, 5.41) is 22.3. The van der Waals surface area contributed by atoms with E-state index in [1.807, 2.05) is 31.2 Å². The van der Waals surface area contributed by atoms with Gasteiger partial charge in [0.15, 0.2) is 0 Å².